The molecule has 0 bridgehead atoms. The van der Waals surface area contributed by atoms with Crippen LogP contribution in [-0.2, 0) is 4.79 Å². The number of amides is 1. The summed E-state index contributed by atoms with van der Waals surface area (Å²) in [6.07, 6.45) is 1.66. The highest BCUT2D eigenvalue weighted by Gasteiger charge is 2.27. The molecule has 4 rings (SSSR count). The summed E-state index contributed by atoms with van der Waals surface area (Å²) >= 11 is 0. The van der Waals surface area contributed by atoms with Gasteiger partial charge in [-0.1, -0.05) is 5.16 Å². The Bertz CT molecular complexity index is 951. The number of ether oxygens (including phenoxy) is 1. The van der Waals surface area contributed by atoms with Crippen molar-refractivity contribution in [2.24, 2.45) is 0 Å². The molecule has 1 fully saturated rings. The Morgan fingerprint density at radius 1 is 1.31 bits per heavy atom. The third kappa shape index (κ3) is 2.83. The first-order valence-corrected chi connectivity index (χ1v) is 8.73. The van der Waals surface area contributed by atoms with Crippen LogP contribution in [-0.4, -0.2) is 41.1 Å². The number of nitrogens with zero attached hydrogens (tertiary/aromatic N) is 3. The van der Waals surface area contributed by atoms with Gasteiger partial charge >= 0.3 is 0 Å². The van der Waals surface area contributed by atoms with Gasteiger partial charge in [0.15, 0.2) is 5.76 Å². The third-order valence-electron chi connectivity index (χ3n) is 5.08. The van der Waals surface area contributed by atoms with E-state index in [0.29, 0.717) is 17.5 Å². The second kappa shape index (κ2) is 6.48. The zero-order valence-corrected chi connectivity index (χ0v) is 15.1. The number of aryl methyl sites for hydroxylation is 1. The van der Waals surface area contributed by atoms with Crippen molar-refractivity contribution in [2.75, 3.05) is 20.2 Å². The Kier molecular flexibility index (Phi) is 4.14. The van der Waals surface area contributed by atoms with E-state index >= 15 is 0 Å². The first-order chi connectivity index (χ1) is 12.6. The Labute approximate surface area is 150 Å². The quantitative estimate of drug-likeness (QED) is 0.715. The van der Waals surface area contributed by atoms with Crippen LogP contribution in [0.2, 0.25) is 0 Å². The van der Waals surface area contributed by atoms with Crippen molar-refractivity contribution in [2.45, 2.75) is 32.6 Å². The fourth-order valence-electron chi connectivity index (χ4n) is 3.47. The number of hydrogen-bond donors (Lipinski definition) is 0. The van der Waals surface area contributed by atoms with Crippen LogP contribution in [0.5, 0.6) is 5.75 Å². The molecule has 1 saturated heterocycles. The van der Waals surface area contributed by atoms with E-state index in [9.17, 15) is 4.79 Å². The van der Waals surface area contributed by atoms with E-state index in [1.807, 2.05) is 30.0 Å². The van der Waals surface area contributed by atoms with Crippen molar-refractivity contribution in [3.05, 3.63) is 29.7 Å². The lowest BCUT2D eigenvalue weighted by molar-refractivity contribution is -0.129. The van der Waals surface area contributed by atoms with Gasteiger partial charge in [0.25, 0.3) is 0 Å². The highest BCUT2D eigenvalue weighted by Crippen LogP contribution is 2.35. The largest absolute Gasteiger partial charge is 0.497 e. The summed E-state index contributed by atoms with van der Waals surface area (Å²) < 4.78 is 16.7. The van der Waals surface area contributed by atoms with Crippen molar-refractivity contribution < 1.29 is 18.5 Å². The van der Waals surface area contributed by atoms with Gasteiger partial charge in [-0.25, -0.2) is 0 Å². The van der Waals surface area contributed by atoms with Gasteiger partial charge in [-0.15, -0.1) is 0 Å². The van der Waals surface area contributed by atoms with E-state index in [-0.39, 0.29) is 11.8 Å². The number of carbonyl (C=O) groups excluding carboxylic acids is 1. The summed E-state index contributed by atoms with van der Waals surface area (Å²) in [5.41, 5.74) is 1.72. The smallest absolute Gasteiger partial charge is 0.238 e. The van der Waals surface area contributed by atoms with Gasteiger partial charge in [-0.3, -0.25) is 4.79 Å². The third-order valence-corrected chi connectivity index (χ3v) is 5.08. The minimum Gasteiger partial charge on any atom is -0.497 e. The number of piperidine rings is 1. The molecule has 3 aromatic rings. The van der Waals surface area contributed by atoms with E-state index in [2.05, 4.69) is 10.1 Å². The standard InChI is InChI=1S/C19H21N3O4/c1-11-15-10-14(24-3)4-5-16(15)25-17(11)18-20-19(26-21-18)13-6-8-22(9-7-13)12(2)23/h4-5,10,13H,6-9H2,1-3H3. The van der Waals surface area contributed by atoms with Crippen molar-refractivity contribution in [1.29, 1.82) is 0 Å². The van der Waals surface area contributed by atoms with Gasteiger partial charge in [0.2, 0.25) is 17.6 Å². The number of fused-ring (bicyclic) bond motifs is 1. The highest BCUT2D eigenvalue weighted by molar-refractivity contribution is 5.87. The molecule has 1 amide bonds. The molecule has 0 aliphatic carbocycles. The van der Waals surface area contributed by atoms with Crippen LogP contribution in [0.25, 0.3) is 22.6 Å². The molecule has 7 heteroatoms. The van der Waals surface area contributed by atoms with Crippen molar-refractivity contribution in [1.82, 2.24) is 15.0 Å². The zero-order valence-electron chi connectivity index (χ0n) is 15.1. The molecule has 26 heavy (non-hydrogen) atoms. The van der Waals surface area contributed by atoms with Gasteiger partial charge in [0, 0.05) is 36.9 Å². The lowest BCUT2D eigenvalue weighted by Crippen LogP contribution is -2.36. The summed E-state index contributed by atoms with van der Waals surface area (Å²) in [6, 6.07) is 5.68. The Morgan fingerprint density at radius 2 is 2.08 bits per heavy atom. The number of rotatable bonds is 3. The molecule has 0 atom stereocenters. The summed E-state index contributed by atoms with van der Waals surface area (Å²) in [7, 11) is 1.64. The minimum absolute atomic E-state index is 0.114. The van der Waals surface area contributed by atoms with Crippen molar-refractivity contribution in [3.8, 4) is 17.3 Å². The number of furan rings is 1. The molecular formula is C19H21N3O4. The van der Waals surface area contributed by atoms with E-state index in [0.717, 1.165) is 48.2 Å². The number of benzene rings is 1. The molecule has 7 nitrogen and oxygen atoms in total. The Morgan fingerprint density at radius 3 is 2.77 bits per heavy atom. The summed E-state index contributed by atoms with van der Waals surface area (Å²) in [5, 5.41) is 5.10. The van der Waals surface area contributed by atoms with Crippen molar-refractivity contribution >= 4 is 16.9 Å². The molecule has 2 aromatic heterocycles. The monoisotopic (exact) mass is 355 g/mol. The minimum atomic E-state index is 0.114. The molecule has 3 heterocycles. The Balaban J connectivity index is 1.59. The van der Waals surface area contributed by atoms with Crippen LogP contribution >= 0.6 is 0 Å². The average molecular weight is 355 g/mol. The molecule has 0 spiro atoms. The van der Waals surface area contributed by atoms with E-state index in [4.69, 9.17) is 13.7 Å². The van der Waals surface area contributed by atoms with Gasteiger partial charge in [0.1, 0.15) is 11.3 Å². The fraction of sp³-hybridized carbons (Fsp3) is 0.421. The van der Waals surface area contributed by atoms with E-state index < -0.39 is 0 Å². The maximum Gasteiger partial charge on any atom is 0.238 e. The summed E-state index contributed by atoms with van der Waals surface area (Å²) in [5.74, 6) is 2.75. The van der Waals surface area contributed by atoms with Gasteiger partial charge < -0.3 is 18.6 Å². The maximum atomic E-state index is 11.5. The molecule has 0 saturated carbocycles. The average Bonchev–Trinajstić information content (AvgIpc) is 3.26. The molecule has 1 aromatic carbocycles. The number of aromatic nitrogens is 2. The second-order valence-electron chi connectivity index (χ2n) is 6.65. The molecule has 0 radical (unpaired) electrons. The first kappa shape index (κ1) is 16.6. The van der Waals surface area contributed by atoms with Crippen LogP contribution in [0.3, 0.4) is 0 Å². The first-order valence-electron chi connectivity index (χ1n) is 8.73. The molecule has 0 N–H and O–H groups in total. The molecule has 1 aliphatic heterocycles. The summed E-state index contributed by atoms with van der Waals surface area (Å²) in [4.78, 5) is 17.9. The predicted octanol–water partition coefficient (Wildman–Crippen LogP) is 3.53. The molecule has 0 unspecified atom stereocenters. The number of carbonyl (C=O) groups is 1. The Hall–Kier alpha value is -2.83. The van der Waals surface area contributed by atoms with Crippen LogP contribution in [0.4, 0.5) is 0 Å². The topological polar surface area (TPSA) is 81.6 Å². The van der Waals surface area contributed by atoms with Crippen LogP contribution in [0.15, 0.2) is 27.1 Å². The highest BCUT2D eigenvalue weighted by atomic mass is 16.5. The van der Waals surface area contributed by atoms with E-state index in [1.54, 1.807) is 14.0 Å². The zero-order chi connectivity index (χ0) is 18.3. The predicted molar refractivity (Wildman–Crippen MR) is 95.0 cm³/mol. The van der Waals surface area contributed by atoms with Crippen molar-refractivity contribution in [3.63, 3.8) is 0 Å². The number of methoxy groups -OCH3 is 1. The van der Waals surface area contributed by atoms with Crippen LogP contribution in [0.1, 0.15) is 37.1 Å². The normalized spacial score (nSPS) is 15.6. The van der Waals surface area contributed by atoms with Gasteiger partial charge in [-0.05, 0) is 38.0 Å². The maximum absolute atomic E-state index is 11.5. The number of hydrogen-bond acceptors (Lipinski definition) is 6. The molecule has 1 aliphatic rings. The second-order valence-corrected chi connectivity index (χ2v) is 6.65. The van der Waals surface area contributed by atoms with Crippen LogP contribution < -0.4 is 4.74 Å². The number of likely N-dealkylation sites (tertiary alicyclic amines) is 1. The lowest BCUT2D eigenvalue weighted by atomic mass is 9.97. The van der Waals surface area contributed by atoms with E-state index in [1.165, 1.54) is 0 Å². The SMILES string of the molecule is COc1ccc2oc(-c3noc(C4CCN(C(C)=O)CC4)n3)c(C)c2c1. The summed E-state index contributed by atoms with van der Waals surface area (Å²) in [6.45, 7) is 5.02. The van der Waals surface area contributed by atoms with Crippen LogP contribution in [0, 0.1) is 6.92 Å². The van der Waals surface area contributed by atoms with Gasteiger partial charge in [0.05, 0.1) is 7.11 Å². The lowest BCUT2D eigenvalue weighted by Gasteiger charge is -2.29. The van der Waals surface area contributed by atoms with Gasteiger partial charge in [-0.2, -0.15) is 4.98 Å². The fourth-order valence-corrected chi connectivity index (χ4v) is 3.47. The molecule has 136 valence electrons. The molecular weight excluding hydrogens is 334 g/mol.